The molecule has 1 aliphatic rings. The highest BCUT2D eigenvalue weighted by Crippen LogP contribution is 2.28. The Hall–Kier alpha value is -1.79. The summed E-state index contributed by atoms with van der Waals surface area (Å²) in [5.74, 6) is 5.91. The fourth-order valence-electron chi connectivity index (χ4n) is 2.09. The molecule has 0 radical (unpaired) electrons. The fraction of sp³-hybridized carbons (Fsp3) is 0.438. The lowest BCUT2D eigenvalue weighted by Gasteiger charge is -2.21. The Morgan fingerprint density at radius 3 is 2.58 bits per heavy atom. The summed E-state index contributed by atoms with van der Waals surface area (Å²) in [5.41, 5.74) is 6.98. The van der Waals surface area contributed by atoms with E-state index in [0.717, 1.165) is 36.9 Å². The van der Waals surface area contributed by atoms with E-state index >= 15 is 0 Å². The fourth-order valence-corrected chi connectivity index (χ4v) is 2.09. The van der Waals surface area contributed by atoms with Crippen molar-refractivity contribution in [2.24, 2.45) is 5.73 Å². The molecule has 3 nitrogen and oxygen atoms in total. The zero-order chi connectivity index (χ0) is 13.7. The second kappa shape index (κ2) is 6.40. The summed E-state index contributed by atoms with van der Waals surface area (Å²) >= 11 is 0. The lowest BCUT2D eigenvalue weighted by molar-refractivity contribution is 0.0743. The van der Waals surface area contributed by atoms with E-state index in [1.807, 2.05) is 29.2 Å². The van der Waals surface area contributed by atoms with Crippen LogP contribution in [0.1, 0.15) is 42.1 Å². The van der Waals surface area contributed by atoms with Crippen molar-refractivity contribution < 1.29 is 4.79 Å². The van der Waals surface area contributed by atoms with Crippen molar-refractivity contribution in [2.75, 3.05) is 13.1 Å². The van der Waals surface area contributed by atoms with Crippen molar-refractivity contribution in [3.8, 4) is 11.8 Å². The summed E-state index contributed by atoms with van der Waals surface area (Å²) in [7, 11) is 0. The SMILES string of the molecule is CCCN(C(=O)c1ccc(C#CCN)cc1)C1CC1. The van der Waals surface area contributed by atoms with Crippen LogP contribution in [0.3, 0.4) is 0 Å². The van der Waals surface area contributed by atoms with Gasteiger partial charge in [-0.2, -0.15) is 0 Å². The summed E-state index contributed by atoms with van der Waals surface area (Å²) < 4.78 is 0. The Balaban J connectivity index is 2.09. The minimum Gasteiger partial charge on any atom is -0.336 e. The molecule has 1 aliphatic carbocycles. The van der Waals surface area contributed by atoms with Crippen molar-refractivity contribution in [2.45, 2.75) is 32.2 Å². The second-order valence-electron chi connectivity index (χ2n) is 4.81. The topological polar surface area (TPSA) is 46.3 Å². The summed E-state index contributed by atoms with van der Waals surface area (Å²) in [5, 5.41) is 0. The van der Waals surface area contributed by atoms with Crippen molar-refractivity contribution in [3.05, 3.63) is 35.4 Å². The predicted molar refractivity (Wildman–Crippen MR) is 76.7 cm³/mol. The minimum absolute atomic E-state index is 0.141. The number of rotatable bonds is 4. The van der Waals surface area contributed by atoms with Crippen molar-refractivity contribution >= 4 is 5.91 Å². The van der Waals surface area contributed by atoms with Gasteiger partial charge in [0.1, 0.15) is 0 Å². The van der Waals surface area contributed by atoms with Gasteiger partial charge in [-0.3, -0.25) is 4.79 Å². The highest BCUT2D eigenvalue weighted by atomic mass is 16.2. The lowest BCUT2D eigenvalue weighted by Crippen LogP contribution is -2.33. The molecule has 0 saturated heterocycles. The Morgan fingerprint density at radius 1 is 1.37 bits per heavy atom. The van der Waals surface area contributed by atoms with Gasteiger partial charge < -0.3 is 10.6 Å². The average molecular weight is 256 g/mol. The molecule has 2 N–H and O–H groups in total. The first-order valence-corrected chi connectivity index (χ1v) is 6.86. The number of benzene rings is 1. The van der Waals surface area contributed by atoms with Gasteiger partial charge in [0.2, 0.25) is 0 Å². The third kappa shape index (κ3) is 3.59. The highest BCUT2D eigenvalue weighted by Gasteiger charge is 2.32. The molecule has 0 aromatic heterocycles. The van der Waals surface area contributed by atoms with E-state index in [2.05, 4.69) is 18.8 Å². The molecule has 2 rings (SSSR count). The standard InChI is InChI=1S/C16H20N2O/c1-2-12-18(15-9-10-15)16(19)14-7-5-13(6-8-14)4-3-11-17/h5-8,15H,2,9-12,17H2,1H3. The average Bonchev–Trinajstić information content (AvgIpc) is 3.27. The van der Waals surface area contributed by atoms with Crippen LogP contribution in [0.5, 0.6) is 0 Å². The number of nitrogens with two attached hydrogens (primary N) is 1. The molecule has 3 heteroatoms. The van der Waals surface area contributed by atoms with E-state index in [0.29, 0.717) is 12.6 Å². The zero-order valence-corrected chi connectivity index (χ0v) is 11.4. The minimum atomic E-state index is 0.141. The zero-order valence-electron chi connectivity index (χ0n) is 11.4. The van der Waals surface area contributed by atoms with Crippen LogP contribution in [0.2, 0.25) is 0 Å². The van der Waals surface area contributed by atoms with Gasteiger partial charge >= 0.3 is 0 Å². The van der Waals surface area contributed by atoms with E-state index in [4.69, 9.17) is 5.73 Å². The van der Waals surface area contributed by atoms with E-state index in [1.165, 1.54) is 0 Å². The summed E-state index contributed by atoms with van der Waals surface area (Å²) in [4.78, 5) is 14.4. The van der Waals surface area contributed by atoms with Gasteiger partial charge in [0, 0.05) is 23.7 Å². The molecule has 1 saturated carbocycles. The second-order valence-corrected chi connectivity index (χ2v) is 4.81. The summed E-state index contributed by atoms with van der Waals surface area (Å²) in [6.07, 6.45) is 3.29. The first-order valence-electron chi connectivity index (χ1n) is 6.86. The lowest BCUT2D eigenvalue weighted by atomic mass is 10.1. The molecule has 1 aromatic rings. The number of hydrogen-bond donors (Lipinski definition) is 1. The summed E-state index contributed by atoms with van der Waals surface area (Å²) in [6.45, 7) is 3.30. The number of carbonyl (C=O) groups is 1. The Bertz CT molecular complexity index is 492. The maximum Gasteiger partial charge on any atom is 0.254 e. The van der Waals surface area contributed by atoms with Gasteiger partial charge in [0.05, 0.1) is 6.54 Å². The number of hydrogen-bond acceptors (Lipinski definition) is 2. The molecular formula is C16H20N2O. The molecule has 0 atom stereocenters. The van der Waals surface area contributed by atoms with Gasteiger partial charge in [-0.15, -0.1) is 0 Å². The molecule has 0 heterocycles. The largest absolute Gasteiger partial charge is 0.336 e. The molecule has 0 unspecified atom stereocenters. The molecule has 0 bridgehead atoms. The molecule has 1 fully saturated rings. The van der Waals surface area contributed by atoms with Gasteiger partial charge in [0.25, 0.3) is 5.91 Å². The third-order valence-electron chi connectivity index (χ3n) is 3.18. The van der Waals surface area contributed by atoms with Crippen molar-refractivity contribution in [1.82, 2.24) is 4.90 Å². The van der Waals surface area contributed by atoms with Gasteiger partial charge in [0.15, 0.2) is 0 Å². The monoisotopic (exact) mass is 256 g/mol. The first kappa shape index (κ1) is 13.6. The van der Waals surface area contributed by atoms with Crippen LogP contribution in [0.4, 0.5) is 0 Å². The van der Waals surface area contributed by atoms with Crippen LogP contribution >= 0.6 is 0 Å². The highest BCUT2D eigenvalue weighted by molar-refractivity contribution is 5.94. The summed E-state index contributed by atoms with van der Waals surface area (Å²) in [6, 6.07) is 7.94. The molecule has 0 spiro atoms. The first-order chi connectivity index (χ1) is 9.26. The molecule has 1 aromatic carbocycles. The van der Waals surface area contributed by atoms with Crippen LogP contribution in [-0.2, 0) is 0 Å². The predicted octanol–water partition coefficient (Wildman–Crippen LogP) is 2.01. The maximum absolute atomic E-state index is 12.4. The number of nitrogens with zero attached hydrogens (tertiary/aromatic N) is 1. The van der Waals surface area contributed by atoms with Crippen molar-refractivity contribution in [3.63, 3.8) is 0 Å². The van der Waals surface area contributed by atoms with E-state index in [9.17, 15) is 4.79 Å². The molecular weight excluding hydrogens is 236 g/mol. The van der Waals surface area contributed by atoms with Crippen LogP contribution in [-0.4, -0.2) is 29.9 Å². The van der Waals surface area contributed by atoms with Crippen molar-refractivity contribution in [1.29, 1.82) is 0 Å². The number of amides is 1. The van der Waals surface area contributed by atoms with Gasteiger partial charge in [-0.1, -0.05) is 18.8 Å². The molecule has 19 heavy (non-hydrogen) atoms. The van der Waals surface area contributed by atoms with E-state index in [-0.39, 0.29) is 5.91 Å². The normalized spacial score (nSPS) is 13.6. The Labute approximate surface area is 114 Å². The van der Waals surface area contributed by atoms with E-state index in [1.54, 1.807) is 0 Å². The van der Waals surface area contributed by atoms with Crippen LogP contribution in [0.25, 0.3) is 0 Å². The number of carbonyl (C=O) groups excluding carboxylic acids is 1. The quantitative estimate of drug-likeness (QED) is 0.838. The van der Waals surface area contributed by atoms with Gasteiger partial charge in [-0.25, -0.2) is 0 Å². The van der Waals surface area contributed by atoms with E-state index < -0.39 is 0 Å². The third-order valence-corrected chi connectivity index (χ3v) is 3.18. The Kier molecular flexibility index (Phi) is 4.59. The van der Waals surface area contributed by atoms with Crippen LogP contribution in [0.15, 0.2) is 24.3 Å². The van der Waals surface area contributed by atoms with Gasteiger partial charge in [-0.05, 0) is 43.5 Å². The molecule has 1 amide bonds. The molecule has 100 valence electrons. The van der Waals surface area contributed by atoms with Crippen LogP contribution < -0.4 is 5.73 Å². The molecule has 0 aliphatic heterocycles. The van der Waals surface area contributed by atoms with Crippen LogP contribution in [0, 0.1) is 11.8 Å². The maximum atomic E-state index is 12.4. The Morgan fingerprint density at radius 2 is 2.05 bits per heavy atom. The smallest absolute Gasteiger partial charge is 0.254 e.